The Labute approximate surface area is 248 Å². The van der Waals surface area contributed by atoms with Crippen LogP contribution < -0.4 is 4.90 Å². The number of ketones is 1. The smallest absolute Gasteiger partial charge is 0.348 e. The van der Waals surface area contributed by atoms with Crippen LogP contribution in [0.2, 0.25) is 0 Å². The van der Waals surface area contributed by atoms with Crippen LogP contribution in [0, 0.1) is 11.8 Å². The fourth-order valence-corrected chi connectivity index (χ4v) is 7.88. The van der Waals surface area contributed by atoms with Crippen molar-refractivity contribution in [3.05, 3.63) is 65.0 Å². The molecule has 3 aliphatic rings. The normalized spacial score (nSPS) is 21.7. The van der Waals surface area contributed by atoms with E-state index in [9.17, 15) is 19.5 Å². The maximum Gasteiger partial charge on any atom is 0.348 e. The summed E-state index contributed by atoms with van der Waals surface area (Å²) < 4.78 is 7.96. The Morgan fingerprint density at radius 1 is 1.02 bits per heavy atom. The molecule has 2 aliphatic heterocycles. The van der Waals surface area contributed by atoms with Gasteiger partial charge < -0.3 is 19.3 Å². The minimum atomic E-state index is -1.05. The summed E-state index contributed by atoms with van der Waals surface area (Å²) in [6, 6.07) is 17.8. The molecule has 1 saturated carbocycles. The van der Waals surface area contributed by atoms with Crippen LogP contribution in [0.3, 0.4) is 0 Å². The van der Waals surface area contributed by atoms with Crippen molar-refractivity contribution in [2.45, 2.75) is 58.1 Å². The van der Waals surface area contributed by atoms with Gasteiger partial charge in [0.25, 0.3) is 0 Å². The maximum absolute atomic E-state index is 14.0. The minimum absolute atomic E-state index is 0.00213. The van der Waals surface area contributed by atoms with Crippen molar-refractivity contribution >= 4 is 45.6 Å². The Morgan fingerprint density at radius 2 is 1.83 bits per heavy atom. The fourth-order valence-electron chi connectivity index (χ4n) is 6.89. The molecule has 1 unspecified atom stereocenters. The molecule has 2 aromatic heterocycles. The highest BCUT2D eigenvalue weighted by atomic mass is 32.1. The van der Waals surface area contributed by atoms with E-state index >= 15 is 0 Å². The number of benzene rings is 2. The molecule has 7 rings (SSSR count). The molecule has 1 atom stereocenters. The molecule has 1 saturated heterocycles. The quantitative estimate of drug-likeness (QED) is 0.258. The molecular weight excluding hydrogens is 548 g/mol. The molecule has 4 heterocycles. The highest BCUT2D eigenvalue weighted by molar-refractivity contribution is 7.18. The predicted octanol–water partition coefficient (Wildman–Crippen LogP) is 7.27. The number of nitrogens with zero attached hydrogens (tertiary/aromatic N) is 2. The van der Waals surface area contributed by atoms with E-state index in [1.54, 1.807) is 4.90 Å². The molecule has 2 fully saturated rings. The Morgan fingerprint density at radius 3 is 2.60 bits per heavy atom. The summed E-state index contributed by atoms with van der Waals surface area (Å²) in [6.45, 7) is 3.51. The monoisotopic (exact) mass is 582 g/mol. The third kappa shape index (κ3) is 4.76. The number of aromatic nitrogens is 1. The number of carboxylic acids is 1. The van der Waals surface area contributed by atoms with Gasteiger partial charge in [0, 0.05) is 39.4 Å². The predicted molar refractivity (Wildman–Crippen MR) is 164 cm³/mol. The van der Waals surface area contributed by atoms with Crippen molar-refractivity contribution < 1.29 is 24.2 Å². The van der Waals surface area contributed by atoms with Gasteiger partial charge in [0.15, 0.2) is 5.78 Å². The van der Waals surface area contributed by atoms with Gasteiger partial charge in [-0.3, -0.25) is 9.59 Å². The van der Waals surface area contributed by atoms with Gasteiger partial charge in [-0.1, -0.05) is 37.3 Å². The number of aromatic carboxylic acids is 1. The van der Waals surface area contributed by atoms with Crippen LogP contribution in [0.15, 0.2) is 54.6 Å². The fraction of sp³-hybridized carbons (Fsp3) is 0.382. The van der Waals surface area contributed by atoms with Crippen molar-refractivity contribution in [2.75, 3.05) is 18.1 Å². The van der Waals surface area contributed by atoms with Crippen molar-refractivity contribution in [1.29, 1.82) is 0 Å². The summed E-state index contributed by atoms with van der Waals surface area (Å²) in [5.74, 6) is -0.533. The number of rotatable bonds is 6. The molecule has 216 valence electrons. The van der Waals surface area contributed by atoms with Gasteiger partial charge in [0.2, 0.25) is 5.91 Å². The highest BCUT2D eigenvalue weighted by Crippen LogP contribution is 2.42. The van der Waals surface area contributed by atoms with E-state index in [0.29, 0.717) is 30.3 Å². The summed E-state index contributed by atoms with van der Waals surface area (Å²) in [7, 11) is 0. The lowest BCUT2D eigenvalue weighted by atomic mass is 9.82. The molecule has 0 bridgehead atoms. The summed E-state index contributed by atoms with van der Waals surface area (Å²) in [4.78, 5) is 42.4. The molecule has 0 spiro atoms. The molecule has 1 amide bonds. The van der Waals surface area contributed by atoms with Crippen molar-refractivity contribution in [3.8, 4) is 21.7 Å². The van der Waals surface area contributed by atoms with Gasteiger partial charge >= 0.3 is 5.97 Å². The highest BCUT2D eigenvalue weighted by Gasteiger charge is 2.34. The standard InChI is InChI=1S/C34H34N2O5S/c1-20-8-10-21(11-9-20)33(38)36(18-24-6-4-14-41-24)29-17-31(42-32(29)34(39)40)23-12-13-25-26(15-23)30(37)19-35-27-7-3-2-5-22(27)16-28(25)35/h2-3,5,7,12-13,15-17,20-21,24H,4,6,8-11,14,18-19H2,1H3,(H,39,40). The Hall–Kier alpha value is -3.75. The van der Waals surface area contributed by atoms with Crippen LogP contribution in [0.5, 0.6) is 0 Å². The third-order valence-corrected chi connectivity index (χ3v) is 10.4. The third-order valence-electron chi connectivity index (χ3n) is 9.23. The number of hydrogen-bond acceptors (Lipinski definition) is 5. The van der Waals surface area contributed by atoms with Gasteiger partial charge in [-0.25, -0.2) is 4.79 Å². The van der Waals surface area contributed by atoms with E-state index in [-0.39, 0.29) is 35.1 Å². The van der Waals surface area contributed by atoms with Crippen molar-refractivity contribution in [2.24, 2.45) is 11.8 Å². The molecule has 1 N–H and O–H groups in total. The van der Waals surface area contributed by atoms with E-state index in [0.717, 1.165) is 82.5 Å². The van der Waals surface area contributed by atoms with Crippen LogP contribution in [-0.4, -0.2) is 46.6 Å². The van der Waals surface area contributed by atoms with Crippen LogP contribution in [0.25, 0.3) is 32.6 Å². The van der Waals surface area contributed by atoms with Gasteiger partial charge in [-0.05, 0) is 74.3 Å². The number of fused-ring (bicyclic) bond motifs is 5. The van der Waals surface area contributed by atoms with E-state index < -0.39 is 5.97 Å². The van der Waals surface area contributed by atoms with Crippen molar-refractivity contribution in [3.63, 3.8) is 0 Å². The number of Topliss-reactive ketones (excluding diaryl/α,β-unsaturated/α-hetero) is 1. The van der Waals surface area contributed by atoms with E-state index in [1.165, 1.54) is 0 Å². The number of amides is 1. The van der Waals surface area contributed by atoms with Crippen molar-refractivity contribution in [1.82, 2.24) is 4.57 Å². The number of carboxylic acid groups (broad SMARTS) is 1. The average molecular weight is 583 g/mol. The molecule has 4 aromatic rings. The first-order chi connectivity index (χ1) is 20.4. The lowest BCUT2D eigenvalue weighted by Gasteiger charge is -2.32. The second-order valence-electron chi connectivity index (χ2n) is 12.0. The second kappa shape index (κ2) is 10.8. The second-order valence-corrected chi connectivity index (χ2v) is 13.1. The van der Waals surface area contributed by atoms with E-state index in [1.807, 2.05) is 42.5 Å². The lowest BCUT2D eigenvalue weighted by molar-refractivity contribution is -0.123. The Kier molecular flexibility index (Phi) is 6.98. The van der Waals surface area contributed by atoms with Gasteiger partial charge in [0.05, 0.1) is 30.6 Å². The average Bonchev–Trinajstić information content (AvgIpc) is 3.75. The first-order valence-corrected chi connectivity index (χ1v) is 15.8. The zero-order valence-corrected chi connectivity index (χ0v) is 24.5. The first-order valence-electron chi connectivity index (χ1n) is 14.9. The number of ether oxygens (including phenoxy) is 1. The van der Waals surface area contributed by atoms with Gasteiger partial charge in [-0.2, -0.15) is 0 Å². The summed E-state index contributed by atoms with van der Waals surface area (Å²) in [5.41, 5.74) is 4.77. The number of hydrogen-bond donors (Lipinski definition) is 1. The van der Waals surface area contributed by atoms with E-state index in [4.69, 9.17) is 4.74 Å². The van der Waals surface area contributed by atoms with Gasteiger partial charge in [-0.15, -0.1) is 11.3 Å². The minimum Gasteiger partial charge on any atom is -0.477 e. The van der Waals surface area contributed by atoms with Crippen LogP contribution in [-0.2, 0) is 16.1 Å². The summed E-state index contributed by atoms with van der Waals surface area (Å²) >= 11 is 1.16. The molecule has 42 heavy (non-hydrogen) atoms. The SMILES string of the molecule is CC1CCC(C(=O)N(CC2CCCO2)c2cc(-c3ccc4c(c3)C(=O)Cn3c-4cc4ccccc43)sc2C(=O)O)CC1. The van der Waals surface area contributed by atoms with Gasteiger partial charge in [0.1, 0.15) is 4.88 Å². The molecule has 1 aliphatic carbocycles. The topological polar surface area (TPSA) is 88.8 Å². The molecule has 7 nitrogen and oxygen atoms in total. The molecular formula is C34H34N2O5S. The largest absolute Gasteiger partial charge is 0.477 e. The maximum atomic E-state index is 14.0. The molecule has 8 heteroatoms. The number of para-hydroxylation sites is 1. The van der Waals surface area contributed by atoms with E-state index in [2.05, 4.69) is 23.6 Å². The first kappa shape index (κ1) is 27.1. The molecule has 0 radical (unpaired) electrons. The Bertz CT molecular complexity index is 1700. The summed E-state index contributed by atoms with van der Waals surface area (Å²) in [5, 5.41) is 11.4. The number of carbonyl (C=O) groups excluding carboxylic acids is 2. The van der Waals surface area contributed by atoms with Crippen LogP contribution >= 0.6 is 11.3 Å². The number of anilines is 1. The zero-order valence-electron chi connectivity index (χ0n) is 23.7. The van der Waals surface area contributed by atoms with Crippen LogP contribution in [0.4, 0.5) is 5.69 Å². The Balaban J connectivity index is 1.27. The van der Waals surface area contributed by atoms with Crippen LogP contribution in [0.1, 0.15) is 65.5 Å². The lowest BCUT2D eigenvalue weighted by Crippen LogP contribution is -2.42. The number of carbonyl (C=O) groups is 3. The zero-order chi connectivity index (χ0) is 29.0. The number of thiophene rings is 1. The summed E-state index contributed by atoms with van der Waals surface area (Å²) in [6.07, 6.45) is 5.36. The molecule has 2 aromatic carbocycles.